The summed E-state index contributed by atoms with van der Waals surface area (Å²) in [6, 6.07) is 18.8. The number of oxazole rings is 1. The molecule has 2 N–H and O–H groups in total. The van der Waals surface area contributed by atoms with Crippen LogP contribution in [0.15, 0.2) is 65.1 Å². The van der Waals surface area contributed by atoms with Gasteiger partial charge < -0.3 is 14.5 Å². The normalized spacial score (nSPS) is 10.8. The van der Waals surface area contributed by atoms with Gasteiger partial charge in [0, 0.05) is 17.7 Å². The van der Waals surface area contributed by atoms with Crippen molar-refractivity contribution in [1.29, 1.82) is 0 Å². The lowest BCUT2D eigenvalue weighted by Gasteiger charge is -2.11. The highest BCUT2D eigenvalue weighted by Crippen LogP contribution is 2.22. The van der Waals surface area contributed by atoms with E-state index in [9.17, 15) is 4.79 Å². The van der Waals surface area contributed by atoms with Crippen LogP contribution in [-0.2, 0) is 6.42 Å². The summed E-state index contributed by atoms with van der Waals surface area (Å²) in [7, 11) is 0. The minimum absolute atomic E-state index is 0.222. The number of rotatable bonds is 6. The zero-order chi connectivity index (χ0) is 23.4. The molecule has 0 fully saturated rings. The second kappa shape index (κ2) is 9.83. The van der Waals surface area contributed by atoms with Crippen molar-refractivity contribution in [3.63, 3.8) is 0 Å². The minimum Gasteiger partial charge on any atom is -0.494 e. The smallest absolute Gasteiger partial charge is 0.257 e. The number of thiocarbonyl (C=S) groups is 1. The van der Waals surface area contributed by atoms with Gasteiger partial charge in [-0.2, -0.15) is 0 Å². The number of nitrogens with one attached hydrogen (secondary N) is 2. The largest absolute Gasteiger partial charge is 0.494 e. The van der Waals surface area contributed by atoms with Crippen LogP contribution >= 0.6 is 12.2 Å². The molecule has 0 unspecified atom stereocenters. The lowest BCUT2D eigenvalue weighted by Crippen LogP contribution is -2.34. The van der Waals surface area contributed by atoms with Crippen LogP contribution in [0, 0.1) is 13.8 Å². The quantitative estimate of drug-likeness (QED) is 0.368. The number of fused-ring (bicyclic) bond motifs is 1. The van der Waals surface area contributed by atoms with Crippen molar-refractivity contribution in [2.45, 2.75) is 27.2 Å². The van der Waals surface area contributed by atoms with Crippen molar-refractivity contribution < 1.29 is 13.9 Å². The second-order valence-corrected chi connectivity index (χ2v) is 8.16. The molecule has 0 saturated carbocycles. The van der Waals surface area contributed by atoms with E-state index in [1.807, 2.05) is 43.3 Å². The van der Waals surface area contributed by atoms with Gasteiger partial charge in [0.15, 0.2) is 16.6 Å². The predicted molar refractivity (Wildman–Crippen MR) is 134 cm³/mol. The van der Waals surface area contributed by atoms with E-state index >= 15 is 0 Å². The summed E-state index contributed by atoms with van der Waals surface area (Å²) in [4.78, 5) is 17.1. The zero-order valence-electron chi connectivity index (χ0n) is 18.8. The molecule has 0 bridgehead atoms. The van der Waals surface area contributed by atoms with Gasteiger partial charge in [0.2, 0.25) is 0 Å². The molecule has 4 rings (SSSR count). The first kappa shape index (κ1) is 22.5. The van der Waals surface area contributed by atoms with Gasteiger partial charge in [-0.25, -0.2) is 4.98 Å². The molecular formula is C26H25N3O3S. The number of aryl methyl sites for hydroxylation is 2. The zero-order valence-corrected chi connectivity index (χ0v) is 19.6. The summed E-state index contributed by atoms with van der Waals surface area (Å²) in [5, 5.41) is 5.95. The Morgan fingerprint density at radius 2 is 1.82 bits per heavy atom. The number of carbonyl (C=O) groups is 1. The molecule has 1 aromatic heterocycles. The predicted octanol–water partition coefficient (Wildman–Crippen LogP) is 5.56. The highest BCUT2D eigenvalue weighted by molar-refractivity contribution is 7.80. The molecule has 0 aliphatic heterocycles. The molecule has 1 heterocycles. The molecule has 0 aliphatic carbocycles. The SMILES string of the molecule is CCOc1cccc(C(=O)NC(=S)Nc2ccc(Cc3nc4cc(C)c(C)cc4o3)cc2)c1. The first-order chi connectivity index (χ1) is 15.9. The van der Waals surface area contributed by atoms with Crippen molar-refractivity contribution in [3.05, 3.63) is 88.8 Å². The van der Waals surface area contributed by atoms with Gasteiger partial charge in [-0.3, -0.25) is 10.1 Å². The van der Waals surface area contributed by atoms with E-state index in [1.54, 1.807) is 24.3 Å². The monoisotopic (exact) mass is 459 g/mol. The van der Waals surface area contributed by atoms with Gasteiger partial charge in [0.25, 0.3) is 5.91 Å². The summed E-state index contributed by atoms with van der Waals surface area (Å²) >= 11 is 5.29. The first-order valence-corrected chi connectivity index (χ1v) is 11.1. The van der Waals surface area contributed by atoms with Gasteiger partial charge in [-0.15, -0.1) is 0 Å². The Labute approximate surface area is 198 Å². The van der Waals surface area contributed by atoms with Crippen molar-refractivity contribution >= 4 is 40.0 Å². The van der Waals surface area contributed by atoms with Crippen LogP contribution in [0.2, 0.25) is 0 Å². The molecule has 0 atom stereocenters. The Hall–Kier alpha value is -3.71. The van der Waals surface area contributed by atoms with Crippen molar-refractivity contribution in [1.82, 2.24) is 10.3 Å². The number of carbonyl (C=O) groups excluding carboxylic acids is 1. The van der Waals surface area contributed by atoms with E-state index in [-0.39, 0.29) is 11.0 Å². The van der Waals surface area contributed by atoms with Crippen LogP contribution in [-0.4, -0.2) is 22.6 Å². The molecule has 0 saturated heterocycles. The van der Waals surface area contributed by atoms with E-state index in [0.29, 0.717) is 30.2 Å². The third-order valence-corrected chi connectivity index (χ3v) is 5.45. The number of anilines is 1. The van der Waals surface area contributed by atoms with E-state index in [2.05, 4.69) is 29.5 Å². The summed E-state index contributed by atoms with van der Waals surface area (Å²) in [5.74, 6) is 1.02. The summed E-state index contributed by atoms with van der Waals surface area (Å²) in [6.07, 6.45) is 0.588. The van der Waals surface area contributed by atoms with Gasteiger partial charge >= 0.3 is 0 Å². The number of amides is 1. The van der Waals surface area contributed by atoms with Crippen molar-refractivity contribution in [2.24, 2.45) is 0 Å². The Bertz CT molecular complexity index is 1270. The molecule has 7 heteroatoms. The lowest BCUT2D eigenvalue weighted by molar-refractivity contribution is 0.0977. The Kier molecular flexibility index (Phi) is 6.70. The molecule has 0 radical (unpaired) electrons. The highest BCUT2D eigenvalue weighted by Gasteiger charge is 2.11. The maximum absolute atomic E-state index is 12.5. The fourth-order valence-corrected chi connectivity index (χ4v) is 3.63. The third-order valence-electron chi connectivity index (χ3n) is 5.25. The average molecular weight is 460 g/mol. The van der Waals surface area contributed by atoms with Gasteiger partial charge in [-0.1, -0.05) is 18.2 Å². The Balaban J connectivity index is 1.36. The van der Waals surface area contributed by atoms with E-state index < -0.39 is 0 Å². The van der Waals surface area contributed by atoms with Crippen molar-refractivity contribution in [2.75, 3.05) is 11.9 Å². The van der Waals surface area contributed by atoms with Crippen LogP contribution in [0.1, 0.15) is 39.9 Å². The van der Waals surface area contributed by atoms with Crippen LogP contribution in [0.4, 0.5) is 5.69 Å². The summed E-state index contributed by atoms with van der Waals surface area (Å²) < 4.78 is 11.3. The number of hydrogen-bond acceptors (Lipinski definition) is 5. The number of aromatic nitrogens is 1. The molecular weight excluding hydrogens is 434 g/mol. The van der Waals surface area contributed by atoms with E-state index in [4.69, 9.17) is 21.4 Å². The third kappa shape index (κ3) is 5.56. The molecule has 168 valence electrons. The Morgan fingerprint density at radius 3 is 2.58 bits per heavy atom. The molecule has 1 amide bonds. The van der Waals surface area contributed by atoms with E-state index in [1.165, 1.54) is 11.1 Å². The molecule has 33 heavy (non-hydrogen) atoms. The van der Waals surface area contributed by atoms with Crippen LogP contribution in [0.3, 0.4) is 0 Å². The fraction of sp³-hybridized carbons (Fsp3) is 0.192. The minimum atomic E-state index is -0.299. The molecule has 3 aromatic carbocycles. The average Bonchev–Trinajstić information content (AvgIpc) is 3.16. The molecule has 0 spiro atoms. The van der Waals surface area contributed by atoms with Gasteiger partial charge in [0.1, 0.15) is 11.3 Å². The van der Waals surface area contributed by atoms with Gasteiger partial charge in [-0.05, 0) is 92.1 Å². The summed E-state index contributed by atoms with van der Waals surface area (Å²) in [5.41, 5.74) is 6.37. The highest BCUT2D eigenvalue weighted by atomic mass is 32.1. The molecule has 4 aromatic rings. The fourth-order valence-electron chi connectivity index (χ4n) is 3.42. The maximum Gasteiger partial charge on any atom is 0.257 e. The summed E-state index contributed by atoms with van der Waals surface area (Å²) in [6.45, 7) is 6.56. The number of ether oxygens (including phenoxy) is 1. The van der Waals surface area contributed by atoms with E-state index in [0.717, 1.165) is 22.4 Å². The molecule has 0 aliphatic rings. The number of hydrogen-bond donors (Lipinski definition) is 2. The number of nitrogens with zero attached hydrogens (tertiary/aromatic N) is 1. The van der Waals surface area contributed by atoms with Gasteiger partial charge in [0.05, 0.1) is 6.61 Å². The topological polar surface area (TPSA) is 76.4 Å². The van der Waals surface area contributed by atoms with Crippen LogP contribution < -0.4 is 15.4 Å². The lowest BCUT2D eigenvalue weighted by atomic mass is 10.1. The van der Waals surface area contributed by atoms with Crippen LogP contribution in [0.25, 0.3) is 11.1 Å². The van der Waals surface area contributed by atoms with Crippen molar-refractivity contribution in [3.8, 4) is 5.75 Å². The molecule has 6 nitrogen and oxygen atoms in total. The number of benzene rings is 3. The van der Waals surface area contributed by atoms with Crippen LogP contribution in [0.5, 0.6) is 5.75 Å². The Morgan fingerprint density at radius 1 is 1.06 bits per heavy atom. The second-order valence-electron chi connectivity index (χ2n) is 7.75. The standard InChI is InChI=1S/C26H25N3O3S/c1-4-31-21-7-5-6-19(15-21)25(30)29-26(33)27-20-10-8-18(9-11-20)14-24-28-22-12-16(2)17(3)13-23(22)32-24/h5-13,15H,4,14H2,1-3H3,(H2,27,29,30,33). The first-order valence-electron chi connectivity index (χ1n) is 10.7. The maximum atomic E-state index is 12.5.